The first kappa shape index (κ1) is 23.2. The van der Waals surface area contributed by atoms with E-state index in [1.807, 2.05) is 12.2 Å². The SMILES string of the molecule is CCCCC/C=C\C=C\C(C)C/C=C\C/C=C\C/C=C\CCC(=O)O. The van der Waals surface area contributed by atoms with Gasteiger partial charge in [-0.3, -0.25) is 4.79 Å². The average molecular weight is 345 g/mol. The maximum Gasteiger partial charge on any atom is 0.303 e. The van der Waals surface area contributed by atoms with Crippen molar-refractivity contribution in [1.29, 1.82) is 0 Å². The lowest BCUT2D eigenvalue weighted by Gasteiger charge is -1.99. The lowest BCUT2D eigenvalue weighted by molar-refractivity contribution is -0.136. The largest absolute Gasteiger partial charge is 0.481 e. The van der Waals surface area contributed by atoms with Crippen LogP contribution in [0.1, 0.15) is 71.6 Å². The van der Waals surface area contributed by atoms with Crippen LogP contribution in [0.4, 0.5) is 0 Å². The van der Waals surface area contributed by atoms with E-state index >= 15 is 0 Å². The van der Waals surface area contributed by atoms with E-state index in [1.54, 1.807) is 0 Å². The highest BCUT2D eigenvalue weighted by Gasteiger charge is 1.91. The number of rotatable bonds is 15. The first-order valence-electron chi connectivity index (χ1n) is 9.67. The lowest BCUT2D eigenvalue weighted by atomic mass is 10.1. The van der Waals surface area contributed by atoms with Gasteiger partial charge in [0.1, 0.15) is 0 Å². The summed E-state index contributed by atoms with van der Waals surface area (Å²) in [7, 11) is 0. The molecule has 0 fully saturated rings. The smallest absolute Gasteiger partial charge is 0.303 e. The van der Waals surface area contributed by atoms with Gasteiger partial charge < -0.3 is 5.11 Å². The van der Waals surface area contributed by atoms with Crippen molar-refractivity contribution in [3.05, 3.63) is 60.8 Å². The van der Waals surface area contributed by atoms with Crippen molar-refractivity contribution in [2.45, 2.75) is 71.6 Å². The van der Waals surface area contributed by atoms with E-state index in [9.17, 15) is 4.79 Å². The molecule has 1 unspecified atom stereocenters. The minimum atomic E-state index is -0.739. The van der Waals surface area contributed by atoms with Crippen LogP contribution in [0.15, 0.2) is 60.8 Å². The molecule has 0 saturated carbocycles. The summed E-state index contributed by atoms with van der Waals surface area (Å²) in [6, 6.07) is 0. The number of hydrogen-bond acceptors (Lipinski definition) is 1. The van der Waals surface area contributed by atoms with Crippen LogP contribution in [0.25, 0.3) is 0 Å². The maximum atomic E-state index is 10.3. The maximum absolute atomic E-state index is 10.3. The molecular weight excluding hydrogens is 308 g/mol. The van der Waals surface area contributed by atoms with Crippen LogP contribution < -0.4 is 0 Å². The summed E-state index contributed by atoms with van der Waals surface area (Å²) in [5.74, 6) is -0.171. The first-order valence-corrected chi connectivity index (χ1v) is 9.67. The predicted octanol–water partition coefficient (Wildman–Crippen LogP) is 7.02. The molecule has 1 N–H and O–H groups in total. The number of hydrogen-bond donors (Lipinski definition) is 1. The molecule has 0 heterocycles. The molecule has 1 atom stereocenters. The molecule has 0 bridgehead atoms. The molecular formula is C23H36O2. The zero-order valence-electron chi connectivity index (χ0n) is 16.1. The summed E-state index contributed by atoms with van der Waals surface area (Å²) >= 11 is 0. The van der Waals surface area contributed by atoms with E-state index in [-0.39, 0.29) is 6.42 Å². The van der Waals surface area contributed by atoms with Crippen molar-refractivity contribution in [2.24, 2.45) is 5.92 Å². The zero-order chi connectivity index (χ0) is 18.6. The third-order valence-corrected chi connectivity index (χ3v) is 3.74. The molecule has 0 amide bonds. The fraction of sp³-hybridized carbons (Fsp3) is 0.522. The molecule has 0 aliphatic heterocycles. The first-order chi connectivity index (χ1) is 12.2. The summed E-state index contributed by atoms with van der Waals surface area (Å²) < 4.78 is 0. The van der Waals surface area contributed by atoms with Crippen molar-refractivity contribution in [1.82, 2.24) is 0 Å². The summed E-state index contributed by atoms with van der Waals surface area (Å²) in [5, 5.41) is 8.51. The van der Waals surface area contributed by atoms with E-state index < -0.39 is 5.97 Å². The Morgan fingerprint density at radius 3 is 2.24 bits per heavy atom. The van der Waals surface area contributed by atoms with Crippen LogP contribution in [0.5, 0.6) is 0 Å². The van der Waals surface area contributed by atoms with Gasteiger partial charge in [0, 0.05) is 6.42 Å². The molecule has 25 heavy (non-hydrogen) atoms. The van der Waals surface area contributed by atoms with E-state index in [2.05, 4.69) is 62.5 Å². The fourth-order valence-electron chi connectivity index (χ4n) is 2.20. The van der Waals surface area contributed by atoms with Gasteiger partial charge in [-0.2, -0.15) is 0 Å². The minimum Gasteiger partial charge on any atom is -0.481 e. The van der Waals surface area contributed by atoms with Crippen molar-refractivity contribution < 1.29 is 9.90 Å². The van der Waals surface area contributed by atoms with Gasteiger partial charge in [-0.25, -0.2) is 0 Å². The number of carbonyl (C=O) groups is 1. The highest BCUT2D eigenvalue weighted by Crippen LogP contribution is 2.06. The van der Waals surface area contributed by atoms with E-state index in [0.29, 0.717) is 12.3 Å². The highest BCUT2D eigenvalue weighted by atomic mass is 16.4. The number of carboxylic acid groups (broad SMARTS) is 1. The standard InChI is InChI=1S/C23H36O2/c1-3-4-5-6-10-13-16-19-22(2)20-17-14-11-8-7-9-12-15-18-21-23(24)25/h7-8,10,12-17,19,22H,3-6,9,11,18,20-21H2,1-2H3,(H,24,25)/b8-7-,13-10-,15-12-,17-14-,19-16+. The quantitative estimate of drug-likeness (QED) is 0.197. The van der Waals surface area contributed by atoms with Crippen molar-refractivity contribution in [2.75, 3.05) is 0 Å². The summed E-state index contributed by atoms with van der Waals surface area (Å²) in [6.07, 6.45) is 30.3. The van der Waals surface area contributed by atoms with E-state index in [0.717, 1.165) is 19.3 Å². The Labute approximate surface area is 154 Å². The highest BCUT2D eigenvalue weighted by molar-refractivity contribution is 5.66. The second-order valence-electron chi connectivity index (χ2n) is 6.34. The lowest BCUT2D eigenvalue weighted by Crippen LogP contribution is -1.91. The molecule has 0 saturated heterocycles. The molecule has 2 nitrogen and oxygen atoms in total. The van der Waals surface area contributed by atoms with Gasteiger partial charge in [0.05, 0.1) is 0 Å². The Hall–Kier alpha value is -1.83. The van der Waals surface area contributed by atoms with Gasteiger partial charge in [0.25, 0.3) is 0 Å². The molecule has 0 spiro atoms. The van der Waals surface area contributed by atoms with Crippen LogP contribution >= 0.6 is 0 Å². The Morgan fingerprint density at radius 2 is 1.56 bits per heavy atom. The second kappa shape index (κ2) is 18.5. The predicted molar refractivity (Wildman–Crippen MR) is 110 cm³/mol. The Balaban J connectivity index is 3.65. The molecule has 0 aromatic heterocycles. The molecule has 0 aromatic carbocycles. The van der Waals surface area contributed by atoms with E-state index in [1.165, 1.54) is 25.7 Å². The van der Waals surface area contributed by atoms with Crippen LogP contribution in [0.3, 0.4) is 0 Å². The Morgan fingerprint density at radius 1 is 0.880 bits per heavy atom. The monoisotopic (exact) mass is 344 g/mol. The molecule has 0 aliphatic rings. The van der Waals surface area contributed by atoms with Crippen molar-refractivity contribution >= 4 is 5.97 Å². The fourth-order valence-corrected chi connectivity index (χ4v) is 2.20. The molecule has 0 rings (SSSR count). The molecule has 2 heteroatoms. The van der Waals surface area contributed by atoms with Crippen LogP contribution in [0.2, 0.25) is 0 Å². The van der Waals surface area contributed by atoms with Crippen molar-refractivity contribution in [3.63, 3.8) is 0 Å². The summed E-state index contributed by atoms with van der Waals surface area (Å²) in [5.41, 5.74) is 0. The number of aliphatic carboxylic acids is 1. The normalized spacial score (nSPS) is 14.0. The Kier molecular flexibility index (Phi) is 17.2. The second-order valence-corrected chi connectivity index (χ2v) is 6.34. The van der Waals surface area contributed by atoms with E-state index in [4.69, 9.17) is 5.11 Å². The van der Waals surface area contributed by atoms with Crippen LogP contribution in [-0.2, 0) is 4.79 Å². The van der Waals surface area contributed by atoms with Crippen molar-refractivity contribution in [3.8, 4) is 0 Å². The number of allylic oxidation sites excluding steroid dienone is 10. The van der Waals surface area contributed by atoms with Gasteiger partial charge in [0.2, 0.25) is 0 Å². The minimum absolute atomic E-state index is 0.213. The molecule has 0 aromatic rings. The average Bonchev–Trinajstić information content (AvgIpc) is 2.58. The zero-order valence-corrected chi connectivity index (χ0v) is 16.1. The van der Waals surface area contributed by atoms with Gasteiger partial charge in [0.15, 0.2) is 0 Å². The third-order valence-electron chi connectivity index (χ3n) is 3.74. The topological polar surface area (TPSA) is 37.3 Å². The van der Waals surface area contributed by atoms with Gasteiger partial charge in [-0.1, -0.05) is 87.4 Å². The summed E-state index contributed by atoms with van der Waals surface area (Å²) in [6.45, 7) is 4.47. The van der Waals surface area contributed by atoms with Crippen LogP contribution in [-0.4, -0.2) is 11.1 Å². The molecule has 0 aliphatic carbocycles. The van der Waals surface area contributed by atoms with Gasteiger partial charge >= 0.3 is 5.97 Å². The van der Waals surface area contributed by atoms with Gasteiger partial charge in [-0.05, 0) is 44.4 Å². The number of unbranched alkanes of at least 4 members (excludes halogenated alkanes) is 3. The third kappa shape index (κ3) is 20.1. The van der Waals surface area contributed by atoms with Gasteiger partial charge in [-0.15, -0.1) is 0 Å². The number of carboxylic acids is 1. The Bertz CT molecular complexity index is 453. The van der Waals surface area contributed by atoms with Crippen LogP contribution in [0, 0.1) is 5.92 Å². The molecule has 140 valence electrons. The molecule has 0 radical (unpaired) electrons. The summed E-state index contributed by atoms with van der Waals surface area (Å²) in [4.78, 5) is 10.3.